The first-order chi connectivity index (χ1) is 29.3. The molecule has 0 aliphatic carbocycles. The molecule has 60 heavy (non-hydrogen) atoms. The van der Waals surface area contributed by atoms with Gasteiger partial charge in [-0.1, -0.05) is 141 Å². The molecule has 0 N–H and O–H groups in total. The van der Waals surface area contributed by atoms with Gasteiger partial charge >= 0.3 is 0 Å². The minimum absolute atomic E-state index is 0.0968. The average molecular weight is 827 g/mol. The van der Waals surface area contributed by atoms with Crippen molar-refractivity contribution >= 4 is 35.4 Å². The lowest BCUT2D eigenvalue weighted by Gasteiger charge is -2.26. The van der Waals surface area contributed by atoms with Crippen molar-refractivity contribution in [3.63, 3.8) is 0 Å². The van der Waals surface area contributed by atoms with Crippen LogP contribution in [0.1, 0.15) is 209 Å². The summed E-state index contributed by atoms with van der Waals surface area (Å²) in [5.41, 5.74) is 1.73. The van der Waals surface area contributed by atoms with Gasteiger partial charge in [0, 0.05) is 52.1 Å². The van der Waals surface area contributed by atoms with Gasteiger partial charge in [0.15, 0.2) is 0 Å². The van der Waals surface area contributed by atoms with Crippen molar-refractivity contribution in [2.75, 3.05) is 39.3 Å². The summed E-state index contributed by atoms with van der Waals surface area (Å²) in [6.07, 6.45) is 24.5. The summed E-state index contributed by atoms with van der Waals surface area (Å²) in [7, 11) is 0. The van der Waals surface area contributed by atoms with E-state index in [1.165, 1.54) is 86.8 Å². The van der Waals surface area contributed by atoms with E-state index in [1.54, 1.807) is 48.5 Å². The zero-order valence-electron chi connectivity index (χ0n) is 37.1. The van der Waals surface area contributed by atoms with Gasteiger partial charge in [0.1, 0.15) is 0 Å². The molecule has 0 saturated heterocycles. The second kappa shape index (κ2) is 27.5. The van der Waals surface area contributed by atoms with Crippen molar-refractivity contribution in [3.05, 3.63) is 70.8 Å². The van der Waals surface area contributed by atoms with Crippen molar-refractivity contribution in [1.29, 1.82) is 0 Å². The predicted molar refractivity (Wildman–Crippen MR) is 239 cm³/mol. The normalized spacial score (nSPS) is 13.4. The number of hydrogen-bond donors (Lipinski definition) is 0. The number of rotatable bonds is 33. The second-order valence-electron chi connectivity index (χ2n) is 16.9. The highest BCUT2D eigenvalue weighted by Crippen LogP contribution is 2.24. The van der Waals surface area contributed by atoms with Crippen molar-refractivity contribution in [1.82, 2.24) is 19.6 Å². The van der Waals surface area contributed by atoms with Gasteiger partial charge in [-0.25, -0.2) is 0 Å². The maximum atomic E-state index is 13.6. The quantitative estimate of drug-likeness (QED) is 0.0523. The number of carbonyl (C=O) groups excluding carboxylic acids is 6. The zero-order valence-corrected chi connectivity index (χ0v) is 37.1. The summed E-state index contributed by atoms with van der Waals surface area (Å²) in [4.78, 5) is 85.6. The van der Waals surface area contributed by atoms with Crippen LogP contribution in [-0.2, 0) is 9.59 Å². The van der Waals surface area contributed by atoms with Gasteiger partial charge in [0.25, 0.3) is 23.6 Å². The molecule has 2 aliphatic rings. The molecule has 2 aromatic carbocycles. The third-order valence-electron chi connectivity index (χ3n) is 12.2. The van der Waals surface area contributed by atoms with Crippen molar-refractivity contribution in [2.45, 2.75) is 168 Å². The van der Waals surface area contributed by atoms with E-state index in [-0.39, 0.29) is 48.5 Å². The first-order valence-corrected chi connectivity index (χ1v) is 23.7. The first kappa shape index (κ1) is 48.3. The van der Waals surface area contributed by atoms with Crippen molar-refractivity contribution in [2.24, 2.45) is 0 Å². The van der Waals surface area contributed by atoms with Crippen LogP contribution < -0.4 is 0 Å². The van der Waals surface area contributed by atoms with Crippen LogP contribution in [0, 0.1) is 0 Å². The van der Waals surface area contributed by atoms with Crippen LogP contribution in [0.3, 0.4) is 0 Å². The van der Waals surface area contributed by atoms with E-state index in [1.807, 2.05) is 9.80 Å². The maximum absolute atomic E-state index is 13.6. The smallest absolute Gasteiger partial charge is 0.261 e. The molecule has 0 radical (unpaired) electrons. The number of nitrogens with zero attached hydrogens (tertiary/aromatic N) is 4. The average Bonchev–Trinajstić information content (AvgIpc) is 3.65. The number of amides is 6. The summed E-state index contributed by atoms with van der Waals surface area (Å²) < 4.78 is 0. The van der Waals surface area contributed by atoms with E-state index in [4.69, 9.17) is 0 Å². The third kappa shape index (κ3) is 15.3. The summed E-state index contributed by atoms with van der Waals surface area (Å²) >= 11 is 0. The fraction of sp³-hybridized carbons (Fsp3) is 0.640. The van der Waals surface area contributed by atoms with Crippen LogP contribution in [0.15, 0.2) is 48.5 Å². The molecule has 4 rings (SSSR count). The molecule has 10 nitrogen and oxygen atoms in total. The van der Waals surface area contributed by atoms with Gasteiger partial charge in [-0.3, -0.25) is 38.6 Å². The monoisotopic (exact) mass is 827 g/mol. The number of fused-ring (bicyclic) bond motifs is 2. The minimum atomic E-state index is -0.279. The SMILES string of the molecule is CCCCCCCCCCCC(=O)N(CCCCN(CCCN1C(=O)c2ccccc2C1=O)C(=O)CCCCCCCCCCC)CCCN1C(=O)c2ccccc2C1=O. The van der Waals surface area contributed by atoms with Crippen LogP contribution >= 0.6 is 0 Å². The van der Waals surface area contributed by atoms with Gasteiger partial charge in [-0.2, -0.15) is 0 Å². The summed E-state index contributed by atoms with van der Waals surface area (Å²) in [5.74, 6) is -0.924. The van der Waals surface area contributed by atoms with Crippen LogP contribution in [0.25, 0.3) is 0 Å². The Bertz CT molecular complexity index is 1480. The number of unbranched alkanes of at least 4 members (excludes halogenated alkanes) is 17. The molecule has 2 aromatic rings. The standard InChI is InChI=1S/C50H74N4O6/c1-3-5-7-9-11-13-15-17-19-33-45(55)51(37-27-39-53-47(57)41-29-21-22-30-42(41)48(53)58)35-25-26-36-52(46(56)34-20-18-16-14-12-10-8-6-4-2)38-28-40-54-49(59)43-31-23-24-32-44(43)50(54)60/h21-24,29-32H,3-20,25-28,33-40H2,1-2H3. The third-order valence-corrected chi connectivity index (χ3v) is 12.2. The molecule has 6 amide bonds. The summed E-state index contributed by atoms with van der Waals surface area (Å²) in [6.45, 7) is 6.93. The summed E-state index contributed by atoms with van der Waals surface area (Å²) in [6, 6.07) is 13.8. The van der Waals surface area contributed by atoms with Crippen LogP contribution in [0.5, 0.6) is 0 Å². The minimum Gasteiger partial charge on any atom is -0.343 e. The highest BCUT2D eigenvalue weighted by molar-refractivity contribution is 6.22. The lowest BCUT2D eigenvalue weighted by atomic mass is 10.1. The van der Waals surface area contributed by atoms with Gasteiger partial charge in [-0.05, 0) is 62.8 Å². The number of imide groups is 2. The number of benzene rings is 2. The van der Waals surface area contributed by atoms with Gasteiger partial charge < -0.3 is 9.80 Å². The van der Waals surface area contributed by atoms with Crippen LogP contribution in [-0.4, -0.2) is 94.3 Å². The van der Waals surface area contributed by atoms with Crippen LogP contribution in [0.2, 0.25) is 0 Å². The molecular formula is C50H74N4O6. The van der Waals surface area contributed by atoms with E-state index in [2.05, 4.69) is 13.8 Å². The molecular weight excluding hydrogens is 753 g/mol. The fourth-order valence-corrected chi connectivity index (χ4v) is 8.54. The van der Waals surface area contributed by atoms with Crippen molar-refractivity contribution in [3.8, 4) is 0 Å². The van der Waals surface area contributed by atoms with E-state index in [0.29, 0.717) is 87.0 Å². The highest BCUT2D eigenvalue weighted by Gasteiger charge is 2.36. The van der Waals surface area contributed by atoms with Crippen molar-refractivity contribution < 1.29 is 28.8 Å². The van der Waals surface area contributed by atoms with E-state index in [9.17, 15) is 28.8 Å². The lowest BCUT2D eigenvalue weighted by Crippen LogP contribution is -2.38. The Balaban J connectivity index is 1.29. The molecule has 10 heteroatoms. The molecule has 0 spiro atoms. The Labute approximate surface area is 360 Å². The molecule has 0 saturated carbocycles. The molecule has 0 aromatic heterocycles. The number of carbonyl (C=O) groups is 6. The fourth-order valence-electron chi connectivity index (χ4n) is 8.54. The Kier molecular flexibility index (Phi) is 22.1. The largest absolute Gasteiger partial charge is 0.343 e. The molecule has 2 heterocycles. The predicted octanol–water partition coefficient (Wildman–Crippen LogP) is 10.6. The van der Waals surface area contributed by atoms with E-state index >= 15 is 0 Å². The van der Waals surface area contributed by atoms with Gasteiger partial charge in [-0.15, -0.1) is 0 Å². The Morgan fingerprint density at radius 3 is 0.950 bits per heavy atom. The van der Waals surface area contributed by atoms with Crippen LogP contribution in [0.4, 0.5) is 0 Å². The molecule has 330 valence electrons. The molecule has 0 atom stereocenters. The second-order valence-corrected chi connectivity index (χ2v) is 16.9. The zero-order chi connectivity index (χ0) is 43.0. The van der Waals surface area contributed by atoms with Gasteiger partial charge in [0.2, 0.25) is 11.8 Å². The molecule has 0 unspecified atom stereocenters. The lowest BCUT2D eigenvalue weighted by molar-refractivity contribution is -0.133. The topological polar surface area (TPSA) is 115 Å². The van der Waals surface area contributed by atoms with E-state index in [0.717, 1.165) is 38.5 Å². The highest BCUT2D eigenvalue weighted by atomic mass is 16.2. The maximum Gasteiger partial charge on any atom is 0.261 e. The number of hydrogen-bond acceptors (Lipinski definition) is 6. The summed E-state index contributed by atoms with van der Waals surface area (Å²) in [5, 5.41) is 0. The first-order valence-electron chi connectivity index (χ1n) is 23.7. The Morgan fingerprint density at radius 1 is 0.383 bits per heavy atom. The molecule has 0 fully saturated rings. The van der Waals surface area contributed by atoms with E-state index < -0.39 is 0 Å². The Morgan fingerprint density at radius 2 is 0.650 bits per heavy atom. The Hall–Kier alpha value is -4.34. The van der Waals surface area contributed by atoms with Gasteiger partial charge in [0.05, 0.1) is 22.3 Å². The molecule has 0 bridgehead atoms. The molecule has 2 aliphatic heterocycles.